The molecule has 0 bridgehead atoms. The summed E-state index contributed by atoms with van der Waals surface area (Å²) in [4.78, 5) is 1.23. The largest absolute Gasteiger partial charge is 0.306 e. The highest BCUT2D eigenvalue weighted by molar-refractivity contribution is 9.11. The lowest BCUT2D eigenvalue weighted by molar-refractivity contribution is 0.606. The molecule has 0 aliphatic rings. The maximum atomic E-state index is 6.34. The molecule has 0 spiro atoms. The van der Waals surface area contributed by atoms with Crippen molar-refractivity contribution < 1.29 is 0 Å². The van der Waals surface area contributed by atoms with Crippen molar-refractivity contribution in [2.24, 2.45) is 0 Å². The van der Waals surface area contributed by atoms with Crippen LogP contribution in [0.5, 0.6) is 0 Å². The van der Waals surface area contributed by atoms with Crippen molar-refractivity contribution in [1.29, 1.82) is 0 Å². The lowest BCUT2D eigenvalue weighted by Crippen LogP contribution is -2.22. The Labute approximate surface area is 136 Å². The van der Waals surface area contributed by atoms with E-state index in [-0.39, 0.29) is 6.04 Å². The van der Waals surface area contributed by atoms with E-state index >= 15 is 0 Å². The van der Waals surface area contributed by atoms with Crippen molar-refractivity contribution in [3.63, 3.8) is 0 Å². The van der Waals surface area contributed by atoms with E-state index < -0.39 is 0 Å². The molecular formula is C14H14BrCl2NS. The monoisotopic (exact) mass is 377 g/mol. The lowest BCUT2D eigenvalue weighted by Gasteiger charge is -2.19. The van der Waals surface area contributed by atoms with Crippen LogP contribution in [-0.2, 0) is 0 Å². The van der Waals surface area contributed by atoms with Crippen molar-refractivity contribution in [1.82, 2.24) is 5.32 Å². The highest BCUT2D eigenvalue weighted by atomic mass is 79.9. The van der Waals surface area contributed by atoms with E-state index in [1.807, 2.05) is 18.2 Å². The lowest BCUT2D eigenvalue weighted by atomic mass is 10.1. The normalized spacial score (nSPS) is 12.6. The maximum Gasteiger partial charge on any atom is 0.0702 e. The maximum absolute atomic E-state index is 6.34. The molecule has 0 aliphatic heterocycles. The molecule has 0 saturated heterocycles. The fourth-order valence-electron chi connectivity index (χ4n) is 1.88. The zero-order chi connectivity index (χ0) is 13.8. The Bertz CT molecular complexity index is 556. The molecule has 0 radical (unpaired) electrons. The summed E-state index contributed by atoms with van der Waals surface area (Å²) >= 11 is 17.7. The first-order valence-corrected chi connectivity index (χ1v) is 8.42. The minimum absolute atomic E-state index is 0.0856. The van der Waals surface area contributed by atoms with Crippen molar-refractivity contribution in [2.45, 2.75) is 19.4 Å². The van der Waals surface area contributed by atoms with Gasteiger partial charge in [0.1, 0.15) is 0 Å². The number of hydrogen-bond acceptors (Lipinski definition) is 2. The molecule has 0 amide bonds. The van der Waals surface area contributed by atoms with Gasteiger partial charge in [0.2, 0.25) is 0 Å². The van der Waals surface area contributed by atoms with Crippen LogP contribution >= 0.6 is 50.5 Å². The molecule has 0 saturated carbocycles. The Balaban J connectivity index is 2.39. The summed E-state index contributed by atoms with van der Waals surface area (Å²) in [6, 6.07) is 10.0. The van der Waals surface area contributed by atoms with Crippen LogP contribution in [0, 0.1) is 0 Å². The van der Waals surface area contributed by atoms with Crippen LogP contribution in [0.2, 0.25) is 10.0 Å². The molecule has 0 fully saturated rings. The molecule has 1 nitrogen and oxygen atoms in total. The van der Waals surface area contributed by atoms with Gasteiger partial charge in [-0.05, 0) is 52.7 Å². The highest BCUT2D eigenvalue weighted by Crippen LogP contribution is 2.36. The van der Waals surface area contributed by atoms with Crippen molar-refractivity contribution in [3.05, 3.63) is 54.6 Å². The first kappa shape index (κ1) is 15.3. The molecule has 1 aromatic carbocycles. The Morgan fingerprint density at radius 1 is 1.26 bits per heavy atom. The third-order valence-electron chi connectivity index (χ3n) is 2.77. The first-order chi connectivity index (χ1) is 9.13. The Morgan fingerprint density at radius 3 is 2.68 bits per heavy atom. The van der Waals surface area contributed by atoms with Gasteiger partial charge in [-0.25, -0.2) is 0 Å². The molecule has 1 N–H and O–H groups in total. The van der Waals surface area contributed by atoms with Gasteiger partial charge in [-0.15, -0.1) is 11.3 Å². The standard InChI is InChI=1S/C14H14BrCl2NS/c1-2-8-18-14(11-6-7-12(15)19-11)9-4-3-5-10(16)13(9)17/h3-7,14,18H,2,8H2,1H3. The van der Waals surface area contributed by atoms with Crippen LogP contribution in [0.25, 0.3) is 0 Å². The highest BCUT2D eigenvalue weighted by Gasteiger charge is 2.19. The smallest absolute Gasteiger partial charge is 0.0702 e. The Hall–Kier alpha value is -0.0600. The van der Waals surface area contributed by atoms with E-state index in [2.05, 4.69) is 40.3 Å². The second kappa shape index (κ2) is 7.09. The topological polar surface area (TPSA) is 12.0 Å². The van der Waals surface area contributed by atoms with Gasteiger partial charge >= 0.3 is 0 Å². The number of halogens is 3. The summed E-state index contributed by atoms with van der Waals surface area (Å²) in [5, 5.41) is 4.75. The van der Waals surface area contributed by atoms with Gasteiger partial charge in [-0.2, -0.15) is 0 Å². The molecular weight excluding hydrogens is 365 g/mol. The van der Waals surface area contributed by atoms with Crippen LogP contribution in [0.3, 0.4) is 0 Å². The van der Waals surface area contributed by atoms with Crippen LogP contribution < -0.4 is 5.32 Å². The fourth-order valence-corrected chi connectivity index (χ4v) is 3.81. The Morgan fingerprint density at radius 2 is 2.05 bits per heavy atom. The molecule has 2 rings (SSSR count). The van der Waals surface area contributed by atoms with Gasteiger partial charge in [0.15, 0.2) is 0 Å². The number of hydrogen-bond donors (Lipinski definition) is 1. The van der Waals surface area contributed by atoms with E-state index in [0.717, 1.165) is 22.3 Å². The van der Waals surface area contributed by atoms with Gasteiger partial charge in [0.25, 0.3) is 0 Å². The molecule has 1 heterocycles. The molecule has 1 aromatic heterocycles. The summed E-state index contributed by atoms with van der Waals surface area (Å²) in [7, 11) is 0. The van der Waals surface area contributed by atoms with Gasteiger partial charge in [-0.3, -0.25) is 0 Å². The van der Waals surface area contributed by atoms with Crippen LogP contribution in [0.15, 0.2) is 34.1 Å². The second-order valence-electron chi connectivity index (χ2n) is 4.17. The molecule has 19 heavy (non-hydrogen) atoms. The van der Waals surface area contributed by atoms with E-state index in [0.29, 0.717) is 10.0 Å². The minimum atomic E-state index is 0.0856. The number of nitrogens with one attached hydrogen (secondary N) is 1. The summed E-state index contributed by atoms with van der Waals surface area (Å²) in [6.07, 6.45) is 1.07. The van der Waals surface area contributed by atoms with Crippen LogP contribution in [0.1, 0.15) is 29.8 Å². The third-order valence-corrected chi connectivity index (χ3v) is 5.29. The molecule has 5 heteroatoms. The van der Waals surface area contributed by atoms with Crippen molar-refractivity contribution >= 4 is 50.5 Å². The van der Waals surface area contributed by atoms with E-state index in [4.69, 9.17) is 23.2 Å². The van der Waals surface area contributed by atoms with Gasteiger partial charge in [0.05, 0.1) is 19.9 Å². The predicted octanol–water partition coefficient (Wildman–Crippen LogP) is 5.91. The first-order valence-electron chi connectivity index (χ1n) is 6.06. The van der Waals surface area contributed by atoms with Crippen LogP contribution in [0.4, 0.5) is 0 Å². The quantitative estimate of drug-likeness (QED) is 0.682. The Kier molecular flexibility index (Phi) is 5.72. The average Bonchev–Trinajstić information content (AvgIpc) is 2.81. The molecule has 1 unspecified atom stereocenters. The summed E-state index contributed by atoms with van der Waals surface area (Å²) in [5.74, 6) is 0. The molecule has 102 valence electrons. The molecule has 1 atom stereocenters. The second-order valence-corrected chi connectivity index (χ2v) is 7.45. The zero-order valence-corrected chi connectivity index (χ0v) is 14.3. The number of thiophene rings is 1. The van der Waals surface area contributed by atoms with E-state index in [1.165, 1.54) is 4.88 Å². The summed E-state index contributed by atoms with van der Waals surface area (Å²) in [5.41, 5.74) is 1.02. The average molecular weight is 379 g/mol. The fraction of sp³-hybridized carbons (Fsp3) is 0.286. The van der Waals surface area contributed by atoms with E-state index in [1.54, 1.807) is 11.3 Å². The molecule has 2 aromatic rings. The number of rotatable bonds is 5. The zero-order valence-electron chi connectivity index (χ0n) is 10.4. The summed E-state index contributed by atoms with van der Waals surface area (Å²) < 4.78 is 1.11. The van der Waals surface area contributed by atoms with E-state index in [9.17, 15) is 0 Å². The van der Waals surface area contributed by atoms with Crippen molar-refractivity contribution in [2.75, 3.05) is 6.54 Å². The predicted molar refractivity (Wildman–Crippen MR) is 88.6 cm³/mol. The van der Waals surface area contributed by atoms with Gasteiger partial charge in [0, 0.05) is 4.88 Å². The minimum Gasteiger partial charge on any atom is -0.306 e. The van der Waals surface area contributed by atoms with Gasteiger partial charge < -0.3 is 5.32 Å². The number of benzene rings is 1. The SMILES string of the molecule is CCCNC(c1ccc(Br)s1)c1cccc(Cl)c1Cl. The molecule has 0 aliphatic carbocycles. The van der Waals surface area contributed by atoms with Crippen LogP contribution in [-0.4, -0.2) is 6.54 Å². The van der Waals surface area contributed by atoms with Gasteiger partial charge in [-0.1, -0.05) is 42.3 Å². The van der Waals surface area contributed by atoms with Crippen molar-refractivity contribution in [3.8, 4) is 0 Å². The third kappa shape index (κ3) is 3.73. The summed E-state index contributed by atoms with van der Waals surface area (Å²) in [6.45, 7) is 3.08.